The predicted octanol–water partition coefficient (Wildman–Crippen LogP) is 3.56. The van der Waals surface area contributed by atoms with E-state index in [1.54, 1.807) is 17.8 Å². The van der Waals surface area contributed by atoms with Gasteiger partial charge in [0.25, 0.3) is 0 Å². The van der Waals surface area contributed by atoms with E-state index in [0.29, 0.717) is 5.75 Å². The molecule has 4 heteroatoms. The molecule has 0 bridgehead atoms. The van der Waals surface area contributed by atoms with Crippen LogP contribution < -0.4 is 5.73 Å². The van der Waals surface area contributed by atoms with Crippen molar-refractivity contribution >= 4 is 27.7 Å². The van der Waals surface area contributed by atoms with Gasteiger partial charge in [-0.25, -0.2) is 4.39 Å². The lowest BCUT2D eigenvalue weighted by molar-refractivity contribution is 0.590. The van der Waals surface area contributed by atoms with Crippen LogP contribution in [0.4, 0.5) is 4.39 Å². The van der Waals surface area contributed by atoms with E-state index in [2.05, 4.69) is 15.9 Å². The molecule has 0 fully saturated rings. The van der Waals surface area contributed by atoms with Crippen molar-refractivity contribution in [2.75, 3.05) is 5.75 Å². The standard InChI is InChI=1S/C11H15BrFNS/c1-11(2,14)7-15-6-8-3-4-9(12)5-10(8)13/h3-5H,6-7,14H2,1-2H3. The van der Waals surface area contributed by atoms with Crippen molar-refractivity contribution in [1.29, 1.82) is 0 Å². The number of thioether (sulfide) groups is 1. The average molecular weight is 292 g/mol. The third-order valence-electron chi connectivity index (χ3n) is 1.75. The van der Waals surface area contributed by atoms with E-state index >= 15 is 0 Å². The Hall–Kier alpha value is -0.0600. The first kappa shape index (κ1) is 13.0. The molecule has 0 saturated heterocycles. The molecule has 15 heavy (non-hydrogen) atoms. The van der Waals surface area contributed by atoms with Gasteiger partial charge in [-0.05, 0) is 31.5 Å². The van der Waals surface area contributed by atoms with Crippen molar-refractivity contribution in [1.82, 2.24) is 0 Å². The van der Waals surface area contributed by atoms with Crippen LogP contribution in [0.2, 0.25) is 0 Å². The first-order valence-corrected chi connectivity index (χ1v) is 6.64. The van der Waals surface area contributed by atoms with Crippen molar-refractivity contribution < 1.29 is 4.39 Å². The molecule has 0 heterocycles. The van der Waals surface area contributed by atoms with E-state index in [4.69, 9.17) is 5.73 Å². The summed E-state index contributed by atoms with van der Waals surface area (Å²) in [7, 11) is 0. The Bertz CT molecular complexity index is 336. The number of rotatable bonds is 4. The summed E-state index contributed by atoms with van der Waals surface area (Å²) >= 11 is 4.88. The highest BCUT2D eigenvalue weighted by Gasteiger charge is 2.11. The Kier molecular flexibility index (Phi) is 4.62. The largest absolute Gasteiger partial charge is 0.325 e. The van der Waals surface area contributed by atoms with Crippen molar-refractivity contribution in [3.05, 3.63) is 34.1 Å². The van der Waals surface area contributed by atoms with E-state index in [1.807, 2.05) is 19.9 Å². The van der Waals surface area contributed by atoms with Gasteiger partial charge in [0.15, 0.2) is 0 Å². The summed E-state index contributed by atoms with van der Waals surface area (Å²) in [5.74, 6) is 1.33. The van der Waals surface area contributed by atoms with Crippen molar-refractivity contribution in [2.24, 2.45) is 5.73 Å². The summed E-state index contributed by atoms with van der Waals surface area (Å²) in [5.41, 5.74) is 6.37. The second kappa shape index (κ2) is 5.32. The van der Waals surface area contributed by atoms with Crippen molar-refractivity contribution in [3.63, 3.8) is 0 Å². The quantitative estimate of drug-likeness (QED) is 0.918. The minimum atomic E-state index is -0.198. The smallest absolute Gasteiger partial charge is 0.128 e. The zero-order chi connectivity index (χ0) is 11.5. The first-order valence-electron chi connectivity index (χ1n) is 4.69. The predicted molar refractivity (Wildman–Crippen MR) is 68.5 cm³/mol. The molecule has 0 unspecified atom stereocenters. The van der Waals surface area contributed by atoms with Crippen LogP contribution in [0.25, 0.3) is 0 Å². The monoisotopic (exact) mass is 291 g/mol. The fourth-order valence-corrected chi connectivity index (χ4v) is 2.48. The number of hydrogen-bond donors (Lipinski definition) is 1. The summed E-state index contributed by atoms with van der Waals surface area (Å²) in [6, 6.07) is 5.14. The average Bonchev–Trinajstić information content (AvgIpc) is 2.07. The molecule has 0 aliphatic heterocycles. The van der Waals surface area contributed by atoms with Crippen LogP contribution in [0.3, 0.4) is 0 Å². The van der Waals surface area contributed by atoms with Crippen LogP contribution in [-0.2, 0) is 5.75 Å². The zero-order valence-electron chi connectivity index (χ0n) is 8.89. The first-order chi connectivity index (χ1) is 6.88. The van der Waals surface area contributed by atoms with Crippen LogP contribution in [0.1, 0.15) is 19.4 Å². The third-order valence-corrected chi connectivity index (χ3v) is 3.70. The van der Waals surface area contributed by atoms with Crippen LogP contribution in [-0.4, -0.2) is 11.3 Å². The van der Waals surface area contributed by atoms with Crippen LogP contribution in [0.15, 0.2) is 22.7 Å². The van der Waals surface area contributed by atoms with E-state index in [-0.39, 0.29) is 11.4 Å². The molecule has 0 aromatic heterocycles. The third kappa shape index (κ3) is 5.00. The lowest BCUT2D eigenvalue weighted by Crippen LogP contribution is -2.34. The van der Waals surface area contributed by atoms with Gasteiger partial charge in [-0.15, -0.1) is 0 Å². The number of benzene rings is 1. The van der Waals surface area contributed by atoms with Gasteiger partial charge in [-0.1, -0.05) is 22.0 Å². The van der Waals surface area contributed by atoms with E-state index in [1.165, 1.54) is 6.07 Å². The van der Waals surface area contributed by atoms with Gasteiger partial charge in [-0.2, -0.15) is 11.8 Å². The van der Waals surface area contributed by atoms with Crippen LogP contribution in [0.5, 0.6) is 0 Å². The van der Waals surface area contributed by atoms with E-state index in [0.717, 1.165) is 15.8 Å². The molecule has 1 nitrogen and oxygen atoms in total. The maximum absolute atomic E-state index is 13.4. The molecule has 2 N–H and O–H groups in total. The summed E-state index contributed by atoms with van der Waals surface area (Å²) < 4.78 is 14.2. The Morgan fingerprint density at radius 2 is 2.13 bits per heavy atom. The minimum Gasteiger partial charge on any atom is -0.325 e. The van der Waals surface area contributed by atoms with Crippen LogP contribution >= 0.6 is 27.7 Å². The van der Waals surface area contributed by atoms with Crippen molar-refractivity contribution in [3.8, 4) is 0 Å². The fourth-order valence-electron chi connectivity index (χ4n) is 1.06. The van der Waals surface area contributed by atoms with Crippen molar-refractivity contribution in [2.45, 2.75) is 25.1 Å². The van der Waals surface area contributed by atoms with Gasteiger partial charge < -0.3 is 5.73 Å². The molecular weight excluding hydrogens is 277 g/mol. The highest BCUT2D eigenvalue weighted by Crippen LogP contribution is 2.21. The SMILES string of the molecule is CC(C)(N)CSCc1ccc(Br)cc1F. The molecular formula is C11H15BrFNS. The van der Waals surface area contributed by atoms with E-state index < -0.39 is 0 Å². The van der Waals surface area contributed by atoms with E-state index in [9.17, 15) is 4.39 Å². The molecule has 0 saturated carbocycles. The Labute approximate surface area is 103 Å². The highest BCUT2D eigenvalue weighted by molar-refractivity contribution is 9.10. The fraction of sp³-hybridized carbons (Fsp3) is 0.455. The summed E-state index contributed by atoms with van der Waals surface area (Å²) in [5, 5.41) is 0. The molecule has 84 valence electrons. The normalized spacial score (nSPS) is 11.8. The molecule has 0 spiro atoms. The lowest BCUT2D eigenvalue weighted by Gasteiger charge is -2.17. The molecule has 1 aromatic carbocycles. The molecule has 0 amide bonds. The topological polar surface area (TPSA) is 26.0 Å². The molecule has 0 aliphatic carbocycles. The van der Waals surface area contributed by atoms with Gasteiger partial charge >= 0.3 is 0 Å². The number of halogens is 2. The lowest BCUT2D eigenvalue weighted by atomic mass is 10.1. The highest BCUT2D eigenvalue weighted by atomic mass is 79.9. The number of nitrogens with two attached hydrogens (primary N) is 1. The van der Waals surface area contributed by atoms with Gasteiger partial charge in [0.1, 0.15) is 5.82 Å². The Balaban J connectivity index is 2.51. The second-order valence-corrected chi connectivity index (χ2v) is 6.12. The summed E-state index contributed by atoms with van der Waals surface area (Å²) in [4.78, 5) is 0. The van der Waals surface area contributed by atoms with Gasteiger partial charge in [0.2, 0.25) is 0 Å². The minimum absolute atomic E-state index is 0.160. The molecule has 0 atom stereocenters. The van der Waals surface area contributed by atoms with Gasteiger partial charge in [-0.3, -0.25) is 0 Å². The zero-order valence-corrected chi connectivity index (χ0v) is 11.3. The number of hydrogen-bond acceptors (Lipinski definition) is 2. The molecule has 0 radical (unpaired) electrons. The maximum Gasteiger partial charge on any atom is 0.128 e. The summed E-state index contributed by atoms with van der Waals surface area (Å²) in [6.45, 7) is 3.94. The van der Waals surface area contributed by atoms with Crippen LogP contribution in [0, 0.1) is 5.82 Å². The Morgan fingerprint density at radius 3 is 2.67 bits per heavy atom. The molecule has 1 aromatic rings. The van der Waals surface area contributed by atoms with Gasteiger partial charge in [0.05, 0.1) is 0 Å². The second-order valence-electron chi connectivity index (χ2n) is 4.22. The maximum atomic E-state index is 13.4. The molecule has 1 rings (SSSR count). The van der Waals surface area contributed by atoms with Gasteiger partial charge in [0, 0.05) is 21.5 Å². The summed E-state index contributed by atoms with van der Waals surface area (Å²) in [6.07, 6.45) is 0. The molecule has 0 aliphatic rings. The Morgan fingerprint density at radius 1 is 1.47 bits per heavy atom.